The fourth-order valence-corrected chi connectivity index (χ4v) is 2.47. The van der Waals surface area contributed by atoms with Crippen molar-refractivity contribution < 1.29 is 4.79 Å². The van der Waals surface area contributed by atoms with Crippen molar-refractivity contribution in [2.24, 2.45) is 0 Å². The van der Waals surface area contributed by atoms with E-state index < -0.39 is 0 Å². The molecule has 0 aromatic heterocycles. The highest BCUT2D eigenvalue weighted by molar-refractivity contribution is 5.78. The molecule has 1 amide bonds. The molecule has 1 heterocycles. The highest BCUT2D eigenvalue weighted by Crippen LogP contribution is 2.07. The minimum Gasteiger partial charge on any atom is -0.355 e. The minimum atomic E-state index is 0.106. The van der Waals surface area contributed by atoms with E-state index in [9.17, 15) is 4.79 Å². The van der Waals surface area contributed by atoms with Crippen LogP contribution in [0.2, 0.25) is 0 Å². The van der Waals surface area contributed by atoms with Crippen LogP contribution in [0.15, 0.2) is 36.4 Å². The Morgan fingerprint density at radius 3 is 2.65 bits per heavy atom. The third kappa shape index (κ3) is 5.57. The van der Waals surface area contributed by atoms with Gasteiger partial charge in [0.2, 0.25) is 5.91 Å². The summed E-state index contributed by atoms with van der Waals surface area (Å²) in [5.74, 6) is 0.106. The molecule has 0 bridgehead atoms. The smallest absolute Gasteiger partial charge is 0.223 e. The number of carbonyl (C=O) groups excluding carboxylic acids is 1. The molecule has 108 valence electrons. The molecule has 20 heavy (non-hydrogen) atoms. The minimum absolute atomic E-state index is 0.106. The van der Waals surface area contributed by atoms with Crippen LogP contribution in [0.4, 0.5) is 0 Å². The van der Waals surface area contributed by atoms with E-state index in [4.69, 9.17) is 0 Å². The Hall–Kier alpha value is -1.61. The maximum atomic E-state index is 11.7. The van der Waals surface area contributed by atoms with Gasteiger partial charge in [0.05, 0.1) is 0 Å². The lowest BCUT2D eigenvalue weighted by Gasteiger charge is -2.26. The largest absolute Gasteiger partial charge is 0.355 e. The topological polar surface area (TPSA) is 32.3 Å². The maximum absolute atomic E-state index is 11.7. The van der Waals surface area contributed by atoms with Gasteiger partial charge < -0.3 is 10.2 Å². The van der Waals surface area contributed by atoms with Crippen LogP contribution in [0.25, 0.3) is 6.08 Å². The zero-order chi connectivity index (χ0) is 14.0. The van der Waals surface area contributed by atoms with Crippen molar-refractivity contribution in [1.29, 1.82) is 0 Å². The lowest BCUT2D eigenvalue weighted by atomic mass is 10.1. The highest BCUT2D eigenvalue weighted by Gasteiger charge is 2.09. The summed E-state index contributed by atoms with van der Waals surface area (Å²) in [6.45, 7) is 4.11. The van der Waals surface area contributed by atoms with Crippen molar-refractivity contribution >= 4 is 12.0 Å². The van der Waals surface area contributed by atoms with Crippen LogP contribution in [0.1, 0.15) is 31.2 Å². The lowest BCUT2D eigenvalue weighted by molar-refractivity contribution is -0.120. The molecule has 0 spiro atoms. The molecule has 0 unspecified atom stereocenters. The van der Waals surface area contributed by atoms with E-state index in [-0.39, 0.29) is 5.91 Å². The first kappa shape index (κ1) is 14.8. The monoisotopic (exact) mass is 272 g/mol. The lowest BCUT2D eigenvalue weighted by Crippen LogP contribution is -2.37. The van der Waals surface area contributed by atoms with E-state index in [2.05, 4.69) is 10.2 Å². The van der Waals surface area contributed by atoms with Gasteiger partial charge in [-0.3, -0.25) is 4.79 Å². The number of hydrogen-bond donors (Lipinski definition) is 1. The van der Waals surface area contributed by atoms with Crippen LogP contribution in [0.3, 0.4) is 0 Å². The number of carbonyl (C=O) groups is 1. The van der Waals surface area contributed by atoms with Crippen LogP contribution >= 0.6 is 0 Å². The zero-order valence-electron chi connectivity index (χ0n) is 12.1. The molecule has 0 aliphatic carbocycles. The van der Waals surface area contributed by atoms with Crippen LogP contribution in [-0.2, 0) is 4.79 Å². The molecule has 1 aliphatic heterocycles. The molecule has 1 aromatic rings. The predicted octanol–water partition coefficient (Wildman–Crippen LogP) is 2.69. The first-order valence-electron chi connectivity index (χ1n) is 7.55. The Labute approximate surface area is 121 Å². The van der Waals surface area contributed by atoms with E-state index in [1.165, 1.54) is 32.4 Å². The molecule has 0 saturated carbocycles. The Balaban J connectivity index is 1.59. The molecule has 1 aliphatic rings. The van der Waals surface area contributed by atoms with Crippen molar-refractivity contribution in [2.75, 3.05) is 26.2 Å². The molecule has 2 rings (SSSR count). The standard InChI is InChI=1S/C17H24N2O/c20-17(11-7-10-16-8-3-1-4-9-16)18-12-15-19-13-5-2-6-14-19/h1,3-4,7-10H,2,5-6,11-15H2,(H,18,20)/b10-7+. The summed E-state index contributed by atoms with van der Waals surface area (Å²) in [4.78, 5) is 14.1. The number of benzene rings is 1. The summed E-state index contributed by atoms with van der Waals surface area (Å²) in [5, 5.41) is 2.98. The van der Waals surface area contributed by atoms with E-state index in [0.29, 0.717) is 6.42 Å². The summed E-state index contributed by atoms with van der Waals surface area (Å²) in [6.07, 6.45) is 8.32. The third-order valence-electron chi connectivity index (χ3n) is 3.61. The normalized spacial score (nSPS) is 16.4. The van der Waals surface area contributed by atoms with Crippen LogP contribution in [0, 0.1) is 0 Å². The number of nitrogens with zero attached hydrogens (tertiary/aromatic N) is 1. The molecule has 1 N–H and O–H groups in total. The van der Waals surface area contributed by atoms with Gasteiger partial charge >= 0.3 is 0 Å². The van der Waals surface area contributed by atoms with Crippen LogP contribution < -0.4 is 5.32 Å². The second kappa shape index (κ2) is 8.54. The van der Waals surface area contributed by atoms with Gasteiger partial charge in [-0.05, 0) is 31.5 Å². The van der Waals surface area contributed by atoms with Gasteiger partial charge in [-0.1, -0.05) is 48.9 Å². The van der Waals surface area contributed by atoms with Gasteiger partial charge in [0.1, 0.15) is 0 Å². The molecule has 1 saturated heterocycles. The summed E-state index contributed by atoms with van der Waals surface area (Å²) < 4.78 is 0. The third-order valence-corrected chi connectivity index (χ3v) is 3.61. The van der Waals surface area contributed by atoms with Gasteiger partial charge in [0.15, 0.2) is 0 Å². The number of likely N-dealkylation sites (tertiary alicyclic amines) is 1. The van der Waals surface area contributed by atoms with E-state index >= 15 is 0 Å². The number of hydrogen-bond acceptors (Lipinski definition) is 2. The maximum Gasteiger partial charge on any atom is 0.223 e. The Morgan fingerprint density at radius 1 is 1.15 bits per heavy atom. The van der Waals surface area contributed by atoms with Crippen molar-refractivity contribution in [2.45, 2.75) is 25.7 Å². The molecular formula is C17H24N2O. The molecule has 1 aromatic carbocycles. The van der Waals surface area contributed by atoms with Crippen LogP contribution in [-0.4, -0.2) is 37.0 Å². The number of piperidine rings is 1. The summed E-state index contributed by atoms with van der Waals surface area (Å²) in [7, 11) is 0. The van der Waals surface area contributed by atoms with E-state index in [1.807, 2.05) is 42.5 Å². The number of nitrogens with one attached hydrogen (secondary N) is 1. The molecule has 0 atom stereocenters. The summed E-state index contributed by atoms with van der Waals surface area (Å²) in [6, 6.07) is 10.1. The SMILES string of the molecule is O=C(C/C=C/c1ccccc1)NCCN1CCCCC1. The van der Waals surface area contributed by atoms with Gasteiger partial charge in [-0.2, -0.15) is 0 Å². The van der Waals surface area contributed by atoms with Crippen molar-refractivity contribution in [3.8, 4) is 0 Å². The summed E-state index contributed by atoms with van der Waals surface area (Å²) >= 11 is 0. The molecule has 3 nitrogen and oxygen atoms in total. The first-order valence-corrected chi connectivity index (χ1v) is 7.55. The second-order valence-electron chi connectivity index (χ2n) is 5.27. The van der Waals surface area contributed by atoms with Crippen molar-refractivity contribution in [1.82, 2.24) is 10.2 Å². The highest BCUT2D eigenvalue weighted by atomic mass is 16.1. The summed E-state index contributed by atoms with van der Waals surface area (Å²) in [5.41, 5.74) is 1.13. The van der Waals surface area contributed by atoms with E-state index in [1.54, 1.807) is 0 Å². The Bertz CT molecular complexity index is 422. The Morgan fingerprint density at radius 2 is 1.90 bits per heavy atom. The second-order valence-corrected chi connectivity index (χ2v) is 5.27. The quantitative estimate of drug-likeness (QED) is 0.863. The number of rotatable bonds is 6. The predicted molar refractivity (Wildman–Crippen MR) is 83.4 cm³/mol. The zero-order valence-corrected chi connectivity index (χ0v) is 12.1. The van der Waals surface area contributed by atoms with Gasteiger partial charge in [-0.25, -0.2) is 0 Å². The average Bonchev–Trinajstić information content (AvgIpc) is 2.49. The first-order chi connectivity index (χ1) is 9.84. The number of amides is 1. The van der Waals surface area contributed by atoms with Gasteiger partial charge in [-0.15, -0.1) is 0 Å². The van der Waals surface area contributed by atoms with Crippen LogP contribution in [0.5, 0.6) is 0 Å². The van der Waals surface area contributed by atoms with Crippen molar-refractivity contribution in [3.63, 3.8) is 0 Å². The van der Waals surface area contributed by atoms with E-state index in [0.717, 1.165) is 18.7 Å². The van der Waals surface area contributed by atoms with Gasteiger partial charge in [0.25, 0.3) is 0 Å². The molecular weight excluding hydrogens is 248 g/mol. The average molecular weight is 272 g/mol. The molecule has 3 heteroatoms. The van der Waals surface area contributed by atoms with Crippen molar-refractivity contribution in [3.05, 3.63) is 42.0 Å². The Kier molecular flexibility index (Phi) is 6.32. The molecule has 1 fully saturated rings. The molecule has 0 radical (unpaired) electrons. The van der Waals surface area contributed by atoms with Gasteiger partial charge in [0, 0.05) is 19.5 Å². The fraction of sp³-hybridized carbons (Fsp3) is 0.471. The fourth-order valence-electron chi connectivity index (χ4n) is 2.47.